The molecule has 0 bridgehead atoms. The SMILES string of the molecule is O=C1C[C@@H](N2CCN(CCc3ccncc3)CC2)C(=O)N1c1ccc(F)cc1. The Hall–Kier alpha value is -2.64. The van der Waals surface area contributed by atoms with Crippen LogP contribution < -0.4 is 4.90 Å². The molecule has 0 aliphatic carbocycles. The van der Waals surface area contributed by atoms with Gasteiger partial charge in [0.15, 0.2) is 0 Å². The maximum atomic E-state index is 13.1. The van der Waals surface area contributed by atoms with E-state index in [9.17, 15) is 14.0 Å². The molecule has 3 heterocycles. The Morgan fingerprint density at radius 1 is 0.964 bits per heavy atom. The van der Waals surface area contributed by atoms with Crippen LogP contribution in [-0.2, 0) is 16.0 Å². The number of carbonyl (C=O) groups excluding carboxylic acids is 2. The monoisotopic (exact) mass is 382 g/mol. The van der Waals surface area contributed by atoms with Gasteiger partial charge in [0.25, 0.3) is 5.91 Å². The molecule has 2 aliphatic heterocycles. The molecule has 1 aromatic carbocycles. The number of imide groups is 1. The summed E-state index contributed by atoms with van der Waals surface area (Å²) in [4.78, 5) is 35.0. The van der Waals surface area contributed by atoms with E-state index in [0.29, 0.717) is 5.69 Å². The largest absolute Gasteiger partial charge is 0.300 e. The minimum atomic E-state index is -0.417. The summed E-state index contributed by atoms with van der Waals surface area (Å²) in [6.45, 7) is 4.24. The number of carbonyl (C=O) groups is 2. The zero-order chi connectivity index (χ0) is 19.5. The molecule has 1 atom stereocenters. The van der Waals surface area contributed by atoms with Crippen molar-refractivity contribution in [2.75, 3.05) is 37.6 Å². The van der Waals surface area contributed by atoms with Gasteiger partial charge in [-0.15, -0.1) is 0 Å². The Morgan fingerprint density at radius 2 is 1.64 bits per heavy atom. The lowest BCUT2D eigenvalue weighted by molar-refractivity contribution is -0.123. The van der Waals surface area contributed by atoms with Gasteiger partial charge in [-0.3, -0.25) is 19.5 Å². The molecular weight excluding hydrogens is 359 g/mol. The number of nitrogens with zero attached hydrogens (tertiary/aromatic N) is 4. The van der Waals surface area contributed by atoms with Gasteiger partial charge in [-0.25, -0.2) is 9.29 Å². The van der Waals surface area contributed by atoms with E-state index in [-0.39, 0.29) is 24.1 Å². The average Bonchev–Trinajstić information content (AvgIpc) is 3.02. The van der Waals surface area contributed by atoms with Crippen LogP contribution in [-0.4, -0.2) is 65.4 Å². The second kappa shape index (κ2) is 8.16. The predicted molar refractivity (Wildman–Crippen MR) is 103 cm³/mol. The van der Waals surface area contributed by atoms with E-state index in [1.165, 1.54) is 34.7 Å². The highest BCUT2D eigenvalue weighted by Gasteiger charge is 2.43. The summed E-state index contributed by atoms with van der Waals surface area (Å²) in [5.74, 6) is -0.814. The minimum Gasteiger partial charge on any atom is -0.300 e. The van der Waals surface area contributed by atoms with E-state index in [1.54, 1.807) is 0 Å². The highest BCUT2D eigenvalue weighted by Crippen LogP contribution is 2.26. The lowest BCUT2D eigenvalue weighted by Crippen LogP contribution is -2.52. The van der Waals surface area contributed by atoms with Gasteiger partial charge in [0, 0.05) is 45.1 Å². The van der Waals surface area contributed by atoms with E-state index in [0.717, 1.165) is 39.1 Å². The second-order valence-corrected chi connectivity index (χ2v) is 7.25. The Morgan fingerprint density at radius 3 is 2.32 bits per heavy atom. The third-order valence-electron chi connectivity index (χ3n) is 5.52. The van der Waals surface area contributed by atoms with E-state index in [2.05, 4.69) is 14.8 Å². The summed E-state index contributed by atoms with van der Waals surface area (Å²) in [5.41, 5.74) is 1.71. The maximum Gasteiger partial charge on any atom is 0.251 e. The summed E-state index contributed by atoms with van der Waals surface area (Å²) in [7, 11) is 0. The van der Waals surface area contributed by atoms with Crippen LogP contribution >= 0.6 is 0 Å². The third kappa shape index (κ3) is 3.95. The molecule has 0 saturated carbocycles. The fourth-order valence-corrected chi connectivity index (χ4v) is 3.90. The zero-order valence-corrected chi connectivity index (χ0v) is 15.6. The standard InChI is InChI=1S/C21H23FN4O2/c22-17-1-3-18(4-2-17)26-20(27)15-19(21(26)28)25-13-11-24(12-14-25)10-7-16-5-8-23-9-6-16/h1-6,8-9,19H,7,10-15H2/t19-/m1/s1. The van der Waals surface area contributed by atoms with E-state index in [1.807, 2.05) is 24.5 Å². The highest BCUT2D eigenvalue weighted by molar-refractivity contribution is 6.22. The Balaban J connectivity index is 1.32. The van der Waals surface area contributed by atoms with Crippen molar-refractivity contribution in [1.82, 2.24) is 14.8 Å². The predicted octanol–water partition coefficient (Wildman–Crippen LogP) is 1.71. The fraction of sp³-hybridized carbons (Fsp3) is 0.381. The number of anilines is 1. The van der Waals surface area contributed by atoms with Crippen molar-refractivity contribution in [3.63, 3.8) is 0 Å². The van der Waals surface area contributed by atoms with Crippen LogP contribution in [0.2, 0.25) is 0 Å². The summed E-state index contributed by atoms with van der Waals surface area (Å²) < 4.78 is 13.1. The van der Waals surface area contributed by atoms with Gasteiger partial charge in [-0.2, -0.15) is 0 Å². The third-order valence-corrected chi connectivity index (χ3v) is 5.52. The van der Waals surface area contributed by atoms with Gasteiger partial charge in [-0.05, 0) is 48.4 Å². The summed E-state index contributed by atoms with van der Waals surface area (Å²) in [6.07, 6.45) is 4.78. The van der Waals surface area contributed by atoms with Crippen LogP contribution in [0.3, 0.4) is 0 Å². The molecule has 28 heavy (non-hydrogen) atoms. The Bertz CT molecular complexity index is 835. The van der Waals surface area contributed by atoms with Crippen molar-refractivity contribution in [1.29, 1.82) is 0 Å². The first-order valence-electron chi connectivity index (χ1n) is 9.59. The van der Waals surface area contributed by atoms with Gasteiger partial charge in [0.2, 0.25) is 5.91 Å². The number of halogens is 1. The smallest absolute Gasteiger partial charge is 0.251 e. The van der Waals surface area contributed by atoms with Gasteiger partial charge in [-0.1, -0.05) is 0 Å². The summed E-state index contributed by atoms with van der Waals surface area (Å²) in [6, 6.07) is 9.14. The number of rotatable bonds is 5. The van der Waals surface area contributed by atoms with Crippen molar-refractivity contribution < 1.29 is 14.0 Å². The van der Waals surface area contributed by atoms with Crippen LogP contribution in [0.4, 0.5) is 10.1 Å². The van der Waals surface area contributed by atoms with Gasteiger partial charge in [0.05, 0.1) is 18.2 Å². The molecule has 2 aromatic rings. The second-order valence-electron chi connectivity index (χ2n) is 7.25. The molecule has 2 aliphatic rings. The van der Waals surface area contributed by atoms with Crippen molar-refractivity contribution in [3.8, 4) is 0 Å². The molecule has 2 fully saturated rings. The average molecular weight is 382 g/mol. The van der Waals surface area contributed by atoms with Crippen LogP contribution in [0.15, 0.2) is 48.8 Å². The Kier molecular flexibility index (Phi) is 5.45. The first-order chi connectivity index (χ1) is 13.6. The summed E-state index contributed by atoms with van der Waals surface area (Å²) >= 11 is 0. The first-order valence-corrected chi connectivity index (χ1v) is 9.59. The number of aromatic nitrogens is 1. The van der Waals surface area contributed by atoms with E-state index >= 15 is 0 Å². The van der Waals surface area contributed by atoms with Crippen molar-refractivity contribution in [3.05, 3.63) is 60.2 Å². The quantitative estimate of drug-likeness (QED) is 0.737. The van der Waals surface area contributed by atoms with Gasteiger partial charge < -0.3 is 4.90 Å². The van der Waals surface area contributed by atoms with Gasteiger partial charge >= 0.3 is 0 Å². The number of benzene rings is 1. The van der Waals surface area contributed by atoms with E-state index < -0.39 is 6.04 Å². The van der Waals surface area contributed by atoms with Crippen LogP contribution in [0.5, 0.6) is 0 Å². The molecule has 146 valence electrons. The number of hydrogen-bond donors (Lipinski definition) is 0. The van der Waals surface area contributed by atoms with Gasteiger partial charge in [0.1, 0.15) is 5.82 Å². The molecule has 0 N–H and O–H groups in total. The number of pyridine rings is 1. The molecule has 6 nitrogen and oxygen atoms in total. The minimum absolute atomic E-state index is 0.188. The maximum absolute atomic E-state index is 13.1. The van der Waals surface area contributed by atoms with Crippen LogP contribution in [0.25, 0.3) is 0 Å². The fourth-order valence-electron chi connectivity index (χ4n) is 3.90. The summed E-state index contributed by atoms with van der Waals surface area (Å²) in [5, 5.41) is 0. The molecule has 7 heteroatoms. The highest BCUT2D eigenvalue weighted by atomic mass is 19.1. The molecule has 2 amide bonds. The number of hydrogen-bond acceptors (Lipinski definition) is 5. The molecular formula is C21H23FN4O2. The molecule has 0 unspecified atom stereocenters. The zero-order valence-electron chi connectivity index (χ0n) is 15.6. The Labute approximate surface area is 163 Å². The van der Waals surface area contributed by atoms with E-state index in [4.69, 9.17) is 0 Å². The molecule has 0 radical (unpaired) electrons. The van der Waals surface area contributed by atoms with Crippen LogP contribution in [0, 0.1) is 5.82 Å². The lowest BCUT2D eigenvalue weighted by Gasteiger charge is -2.37. The lowest BCUT2D eigenvalue weighted by atomic mass is 10.1. The normalized spacial score (nSPS) is 21.5. The number of piperazine rings is 1. The molecule has 2 saturated heterocycles. The van der Waals surface area contributed by atoms with Crippen molar-refractivity contribution in [2.24, 2.45) is 0 Å². The van der Waals surface area contributed by atoms with Crippen LogP contribution in [0.1, 0.15) is 12.0 Å². The number of amides is 2. The topological polar surface area (TPSA) is 56.8 Å². The first kappa shape index (κ1) is 18.7. The molecule has 0 spiro atoms. The molecule has 4 rings (SSSR count). The van der Waals surface area contributed by atoms with Crippen molar-refractivity contribution >= 4 is 17.5 Å². The molecule has 1 aromatic heterocycles. The van der Waals surface area contributed by atoms with Crippen molar-refractivity contribution in [2.45, 2.75) is 18.9 Å².